The Morgan fingerprint density at radius 1 is 0.585 bits per heavy atom. The Labute approximate surface area is 290 Å². The third kappa shape index (κ3) is 10.5. The average molecular weight is 639 g/mol. The van der Waals surface area contributed by atoms with Crippen molar-refractivity contribution in [2.24, 2.45) is 0 Å². The molecule has 11 heteroatoms. The summed E-state index contributed by atoms with van der Waals surface area (Å²) in [6.07, 6.45) is 0. The maximum atomic E-state index is 12.2. The molecule has 0 atom stereocenters. The SMILES string of the molecule is CC(c1cc(C(C)(C)C)cc(C(C)(C)C)c1OP(=O)(O)O)c1cc(C(C)(C)C)cc(C(C)(C)C)c1OP(=O)(O)O.[H-].[K+]. The first-order valence-electron chi connectivity index (χ1n) is 13.4. The van der Waals surface area contributed by atoms with Crippen molar-refractivity contribution in [1.29, 1.82) is 0 Å². The van der Waals surface area contributed by atoms with Gasteiger partial charge in [0.1, 0.15) is 11.5 Å². The minimum atomic E-state index is -4.97. The summed E-state index contributed by atoms with van der Waals surface area (Å²) >= 11 is 0. The Morgan fingerprint density at radius 3 is 1.05 bits per heavy atom. The summed E-state index contributed by atoms with van der Waals surface area (Å²) in [5.41, 5.74) is 2.34. The quantitative estimate of drug-likeness (QED) is 0.254. The average Bonchev–Trinajstić information content (AvgIpc) is 2.67. The molecule has 0 heterocycles. The monoisotopic (exact) mass is 638 g/mol. The van der Waals surface area contributed by atoms with Gasteiger partial charge in [0.2, 0.25) is 0 Å². The first kappa shape index (κ1) is 39.0. The minimum absolute atomic E-state index is 0. The number of phosphoric acid groups is 2. The molecular weight excluding hydrogens is 589 g/mol. The van der Waals surface area contributed by atoms with Crippen molar-refractivity contribution >= 4 is 15.6 Å². The zero-order chi connectivity index (χ0) is 31.4. The van der Waals surface area contributed by atoms with E-state index in [1.807, 2.05) is 114 Å². The van der Waals surface area contributed by atoms with Crippen LogP contribution in [0, 0.1) is 0 Å². The molecule has 4 N–H and O–H groups in total. The summed E-state index contributed by atoms with van der Waals surface area (Å²) in [5.74, 6) is -0.515. The van der Waals surface area contributed by atoms with Crippen molar-refractivity contribution < 1.29 is 90.6 Å². The van der Waals surface area contributed by atoms with Crippen LogP contribution in [-0.2, 0) is 30.8 Å². The van der Waals surface area contributed by atoms with Crippen LogP contribution in [-0.4, -0.2) is 19.6 Å². The zero-order valence-corrected chi connectivity index (χ0v) is 32.1. The molecule has 0 aromatic heterocycles. The van der Waals surface area contributed by atoms with Gasteiger partial charge in [-0.3, -0.25) is 19.6 Å². The van der Waals surface area contributed by atoms with Gasteiger partial charge in [0.25, 0.3) is 0 Å². The molecule has 0 fully saturated rings. The van der Waals surface area contributed by atoms with Crippen LogP contribution in [0.3, 0.4) is 0 Å². The van der Waals surface area contributed by atoms with Crippen molar-refractivity contribution in [3.05, 3.63) is 57.6 Å². The maximum Gasteiger partial charge on any atom is 1.00 e. The van der Waals surface area contributed by atoms with E-state index < -0.39 is 32.4 Å². The molecule has 8 nitrogen and oxygen atoms in total. The molecule has 0 saturated carbocycles. The molecule has 0 radical (unpaired) electrons. The predicted octanol–water partition coefficient (Wildman–Crippen LogP) is 5.09. The Balaban J connectivity index is 0.00000840. The van der Waals surface area contributed by atoms with E-state index in [4.69, 9.17) is 9.05 Å². The van der Waals surface area contributed by atoms with Crippen LogP contribution in [0.1, 0.15) is 131 Å². The maximum absolute atomic E-state index is 12.2. The van der Waals surface area contributed by atoms with E-state index in [0.717, 1.165) is 11.1 Å². The van der Waals surface area contributed by atoms with Crippen molar-refractivity contribution in [1.82, 2.24) is 0 Å². The van der Waals surface area contributed by atoms with Crippen molar-refractivity contribution in [2.75, 3.05) is 0 Å². The van der Waals surface area contributed by atoms with Crippen LogP contribution < -0.4 is 60.4 Å². The zero-order valence-electron chi connectivity index (χ0n) is 28.2. The van der Waals surface area contributed by atoms with Crippen molar-refractivity contribution in [2.45, 2.75) is 118 Å². The summed E-state index contributed by atoms with van der Waals surface area (Å²) in [6.45, 7) is 25.8. The summed E-state index contributed by atoms with van der Waals surface area (Å²) in [4.78, 5) is 39.7. The normalized spacial score (nSPS) is 13.7. The third-order valence-corrected chi connectivity index (χ3v) is 7.78. The predicted molar refractivity (Wildman–Crippen MR) is 162 cm³/mol. The van der Waals surface area contributed by atoms with E-state index in [1.165, 1.54) is 0 Å². The van der Waals surface area contributed by atoms with Gasteiger partial charge in [-0.05, 0) is 32.8 Å². The fourth-order valence-corrected chi connectivity index (χ4v) is 5.42. The molecule has 2 aromatic rings. The molecule has 228 valence electrons. The standard InChI is InChI=1S/C30H48O8P2.K.H/c1-18(21-14-19(27(2,3)4)16-23(29(8,9)10)25(21)37-39(31,32)33)22-15-20(28(5,6)7)17-24(30(11,12)13)26(22)38-40(34,35)36;;/h14-18H,1-13H3,(H2,31,32,33)(H2,34,35,36);;/q;+1;-1. The minimum Gasteiger partial charge on any atom is -1.00 e. The molecule has 0 aliphatic rings. The van der Waals surface area contributed by atoms with E-state index in [0.29, 0.717) is 22.3 Å². The van der Waals surface area contributed by atoms with Gasteiger partial charge < -0.3 is 10.5 Å². The van der Waals surface area contributed by atoms with Gasteiger partial charge in [0.05, 0.1) is 0 Å². The molecule has 0 bridgehead atoms. The van der Waals surface area contributed by atoms with Crippen LogP contribution in [0.5, 0.6) is 11.5 Å². The number of benzene rings is 2. The van der Waals surface area contributed by atoms with E-state index >= 15 is 0 Å². The smallest absolute Gasteiger partial charge is 1.00 e. The third-order valence-electron chi connectivity index (χ3n) is 6.94. The van der Waals surface area contributed by atoms with Crippen molar-refractivity contribution in [3.8, 4) is 11.5 Å². The molecule has 0 spiro atoms. The Kier molecular flexibility index (Phi) is 12.1. The Morgan fingerprint density at radius 2 is 0.854 bits per heavy atom. The summed E-state index contributed by atoms with van der Waals surface area (Å²) < 4.78 is 35.3. The topological polar surface area (TPSA) is 134 Å². The fraction of sp³-hybridized carbons (Fsp3) is 0.600. The summed E-state index contributed by atoms with van der Waals surface area (Å²) in [7, 11) is -9.94. The first-order valence-corrected chi connectivity index (χ1v) is 16.5. The van der Waals surface area contributed by atoms with Crippen molar-refractivity contribution in [3.63, 3.8) is 0 Å². The Hall–Kier alpha value is -0.0236. The van der Waals surface area contributed by atoms with Gasteiger partial charge >= 0.3 is 67.0 Å². The van der Waals surface area contributed by atoms with Gasteiger partial charge in [-0.25, -0.2) is 9.13 Å². The van der Waals surface area contributed by atoms with E-state index in [2.05, 4.69) is 0 Å². The second-order valence-corrected chi connectivity index (χ2v) is 17.1. The van der Waals surface area contributed by atoms with E-state index in [1.54, 1.807) is 0 Å². The molecular formula is C30H49KO8P2. The van der Waals surface area contributed by atoms with Crippen LogP contribution in [0.4, 0.5) is 0 Å². The summed E-state index contributed by atoms with van der Waals surface area (Å²) in [6, 6.07) is 7.57. The second kappa shape index (κ2) is 12.8. The van der Waals surface area contributed by atoms with Gasteiger partial charge in [0.15, 0.2) is 0 Å². The van der Waals surface area contributed by atoms with E-state index in [-0.39, 0.29) is 75.1 Å². The summed E-state index contributed by atoms with van der Waals surface area (Å²) in [5, 5.41) is 0. The van der Waals surface area contributed by atoms with Crippen LogP contribution in [0.2, 0.25) is 0 Å². The van der Waals surface area contributed by atoms with Crippen LogP contribution in [0.15, 0.2) is 24.3 Å². The van der Waals surface area contributed by atoms with Gasteiger partial charge in [-0.15, -0.1) is 0 Å². The Bertz CT molecular complexity index is 1250. The van der Waals surface area contributed by atoms with Crippen LogP contribution in [0.25, 0.3) is 0 Å². The number of hydrogen-bond acceptors (Lipinski definition) is 4. The molecule has 0 saturated heterocycles. The van der Waals surface area contributed by atoms with Gasteiger partial charge in [-0.2, -0.15) is 0 Å². The number of hydrogen-bond donors (Lipinski definition) is 4. The molecule has 0 aliphatic carbocycles. The first-order chi connectivity index (χ1) is 17.5. The van der Waals surface area contributed by atoms with E-state index in [9.17, 15) is 28.7 Å². The number of rotatable bonds is 6. The fourth-order valence-electron chi connectivity index (χ4n) is 4.54. The second-order valence-electron chi connectivity index (χ2n) is 14.8. The molecule has 0 aliphatic heterocycles. The molecule has 2 aromatic carbocycles. The molecule has 0 amide bonds. The molecule has 0 unspecified atom stereocenters. The molecule has 2 rings (SSSR count). The molecule has 41 heavy (non-hydrogen) atoms. The largest absolute Gasteiger partial charge is 1.00 e. The number of phosphoric ester groups is 2. The van der Waals surface area contributed by atoms with Crippen LogP contribution >= 0.6 is 15.6 Å². The van der Waals surface area contributed by atoms with Gasteiger partial charge in [-0.1, -0.05) is 114 Å². The van der Waals surface area contributed by atoms with Gasteiger partial charge in [0, 0.05) is 28.2 Å².